The van der Waals surface area contributed by atoms with Crippen molar-refractivity contribution in [3.05, 3.63) is 42.2 Å². The van der Waals surface area contributed by atoms with Crippen LogP contribution in [0.15, 0.2) is 30.6 Å². The number of hydrogen-bond acceptors (Lipinski definition) is 4. The molecule has 0 saturated heterocycles. The molecule has 1 aromatic heterocycles. The van der Waals surface area contributed by atoms with Gasteiger partial charge in [0.15, 0.2) is 11.6 Å². The second kappa shape index (κ2) is 6.97. The van der Waals surface area contributed by atoms with Gasteiger partial charge in [-0.25, -0.2) is 18.7 Å². The predicted octanol–water partition coefficient (Wildman–Crippen LogP) is 3.73. The fraction of sp³-hybridized carbons (Fsp3) is 0.333. The summed E-state index contributed by atoms with van der Waals surface area (Å²) in [5.74, 6) is -0.449. The van der Waals surface area contributed by atoms with Gasteiger partial charge in [0.25, 0.3) is 0 Å². The highest BCUT2D eigenvalue weighted by molar-refractivity contribution is 5.59. The topological polar surface area (TPSA) is 41.0 Å². The average molecular weight is 292 g/mol. The number of rotatable bonds is 6. The summed E-state index contributed by atoms with van der Waals surface area (Å²) in [4.78, 5) is 10.3. The first kappa shape index (κ1) is 15.2. The van der Waals surface area contributed by atoms with Gasteiger partial charge < -0.3 is 10.2 Å². The Morgan fingerprint density at radius 3 is 2.67 bits per heavy atom. The molecule has 0 aliphatic rings. The Morgan fingerprint density at radius 2 is 1.95 bits per heavy atom. The number of nitrogens with one attached hydrogen (secondary N) is 1. The van der Waals surface area contributed by atoms with Crippen molar-refractivity contribution in [1.29, 1.82) is 0 Å². The van der Waals surface area contributed by atoms with Crippen LogP contribution in [-0.2, 0) is 0 Å². The lowest BCUT2D eigenvalue weighted by Crippen LogP contribution is -2.19. The molecule has 0 saturated carbocycles. The first-order chi connectivity index (χ1) is 10.1. The maximum atomic E-state index is 13.2. The summed E-state index contributed by atoms with van der Waals surface area (Å²) >= 11 is 0. The molecule has 1 N–H and O–H groups in total. The third kappa shape index (κ3) is 4.11. The molecular weight excluding hydrogens is 274 g/mol. The van der Waals surface area contributed by atoms with E-state index >= 15 is 0 Å². The van der Waals surface area contributed by atoms with Crippen LogP contribution in [0.4, 0.5) is 26.1 Å². The van der Waals surface area contributed by atoms with E-state index in [-0.39, 0.29) is 0 Å². The van der Waals surface area contributed by atoms with Crippen LogP contribution in [0.5, 0.6) is 0 Å². The van der Waals surface area contributed by atoms with Crippen LogP contribution in [0.2, 0.25) is 0 Å². The zero-order valence-electron chi connectivity index (χ0n) is 12.1. The van der Waals surface area contributed by atoms with Crippen molar-refractivity contribution in [3.63, 3.8) is 0 Å². The van der Waals surface area contributed by atoms with Gasteiger partial charge in [0.2, 0.25) is 0 Å². The summed E-state index contributed by atoms with van der Waals surface area (Å²) in [6.07, 6.45) is 3.63. The fourth-order valence-corrected chi connectivity index (χ4v) is 1.86. The van der Waals surface area contributed by atoms with E-state index in [0.29, 0.717) is 11.5 Å². The number of nitrogens with zero attached hydrogens (tertiary/aromatic N) is 3. The Kier molecular flexibility index (Phi) is 5.03. The zero-order chi connectivity index (χ0) is 15.2. The van der Waals surface area contributed by atoms with E-state index < -0.39 is 11.6 Å². The third-order valence-corrected chi connectivity index (χ3v) is 3.08. The molecule has 0 spiro atoms. The van der Waals surface area contributed by atoms with E-state index in [1.807, 2.05) is 11.9 Å². The highest BCUT2D eigenvalue weighted by Gasteiger charge is 2.06. The van der Waals surface area contributed by atoms with E-state index in [4.69, 9.17) is 0 Å². The van der Waals surface area contributed by atoms with Crippen LogP contribution in [-0.4, -0.2) is 23.6 Å². The van der Waals surface area contributed by atoms with Gasteiger partial charge in [0.1, 0.15) is 18.0 Å². The molecule has 6 heteroatoms. The molecule has 4 nitrogen and oxygen atoms in total. The molecule has 21 heavy (non-hydrogen) atoms. The Morgan fingerprint density at radius 1 is 1.14 bits per heavy atom. The van der Waals surface area contributed by atoms with Crippen molar-refractivity contribution in [1.82, 2.24) is 9.97 Å². The first-order valence-corrected chi connectivity index (χ1v) is 6.85. The zero-order valence-corrected chi connectivity index (χ0v) is 12.1. The van der Waals surface area contributed by atoms with Crippen LogP contribution in [0.3, 0.4) is 0 Å². The van der Waals surface area contributed by atoms with E-state index in [1.165, 1.54) is 12.4 Å². The molecule has 2 aromatic rings. The van der Waals surface area contributed by atoms with Crippen molar-refractivity contribution >= 4 is 17.3 Å². The SMILES string of the molecule is CCCCN(C)c1cc(Nc2ccc(F)c(F)c2)ncn1. The van der Waals surface area contributed by atoms with Crippen molar-refractivity contribution in [2.75, 3.05) is 23.8 Å². The lowest BCUT2D eigenvalue weighted by atomic mass is 10.3. The van der Waals surface area contributed by atoms with Crippen molar-refractivity contribution in [2.45, 2.75) is 19.8 Å². The molecule has 1 aromatic carbocycles. The van der Waals surface area contributed by atoms with E-state index in [1.54, 1.807) is 6.07 Å². The molecule has 0 atom stereocenters. The van der Waals surface area contributed by atoms with Gasteiger partial charge in [0.05, 0.1) is 0 Å². The summed E-state index contributed by atoms with van der Waals surface area (Å²) in [5.41, 5.74) is 0.440. The molecule has 0 bridgehead atoms. The summed E-state index contributed by atoms with van der Waals surface area (Å²) in [5, 5.41) is 2.94. The highest BCUT2D eigenvalue weighted by atomic mass is 19.2. The molecular formula is C15H18F2N4. The average Bonchev–Trinajstić information content (AvgIpc) is 2.49. The van der Waals surface area contributed by atoms with Crippen LogP contribution >= 0.6 is 0 Å². The molecule has 1 heterocycles. The van der Waals surface area contributed by atoms with Crippen molar-refractivity contribution in [2.24, 2.45) is 0 Å². The highest BCUT2D eigenvalue weighted by Crippen LogP contribution is 2.19. The van der Waals surface area contributed by atoms with Crippen LogP contribution < -0.4 is 10.2 Å². The fourth-order valence-electron chi connectivity index (χ4n) is 1.86. The summed E-state index contributed by atoms with van der Waals surface area (Å²) in [7, 11) is 1.96. The Bertz CT molecular complexity index is 604. The monoisotopic (exact) mass is 292 g/mol. The maximum absolute atomic E-state index is 13.2. The Hall–Kier alpha value is -2.24. The van der Waals surface area contributed by atoms with Gasteiger partial charge in [-0.15, -0.1) is 0 Å². The van der Waals surface area contributed by atoms with E-state index in [0.717, 1.165) is 37.3 Å². The molecule has 0 aliphatic heterocycles. The lowest BCUT2D eigenvalue weighted by Gasteiger charge is -2.18. The quantitative estimate of drug-likeness (QED) is 0.880. The summed E-state index contributed by atoms with van der Waals surface area (Å²) < 4.78 is 26.1. The molecule has 2 rings (SSSR count). The summed E-state index contributed by atoms with van der Waals surface area (Å²) in [6.45, 7) is 3.03. The molecule has 0 aliphatic carbocycles. The number of benzene rings is 1. The van der Waals surface area contributed by atoms with E-state index in [9.17, 15) is 8.78 Å². The van der Waals surface area contributed by atoms with Gasteiger partial charge in [-0.3, -0.25) is 0 Å². The van der Waals surface area contributed by atoms with Gasteiger partial charge in [-0.1, -0.05) is 13.3 Å². The van der Waals surface area contributed by atoms with Gasteiger partial charge >= 0.3 is 0 Å². The summed E-state index contributed by atoms with van der Waals surface area (Å²) in [6, 6.07) is 5.41. The number of aromatic nitrogens is 2. The van der Waals surface area contributed by atoms with Crippen LogP contribution in [0.1, 0.15) is 19.8 Å². The van der Waals surface area contributed by atoms with Crippen molar-refractivity contribution < 1.29 is 8.78 Å². The van der Waals surface area contributed by atoms with Gasteiger partial charge in [-0.05, 0) is 18.6 Å². The third-order valence-electron chi connectivity index (χ3n) is 3.08. The minimum absolute atomic E-state index is 0.440. The number of unbranched alkanes of at least 4 members (excludes halogenated alkanes) is 1. The largest absolute Gasteiger partial charge is 0.360 e. The smallest absolute Gasteiger partial charge is 0.160 e. The Balaban J connectivity index is 2.11. The number of hydrogen-bond donors (Lipinski definition) is 1. The van der Waals surface area contributed by atoms with Gasteiger partial charge in [-0.2, -0.15) is 0 Å². The molecule has 112 valence electrons. The molecule has 0 fully saturated rings. The molecule has 0 amide bonds. The lowest BCUT2D eigenvalue weighted by molar-refractivity contribution is 0.509. The van der Waals surface area contributed by atoms with Crippen LogP contribution in [0, 0.1) is 11.6 Å². The minimum atomic E-state index is -0.894. The minimum Gasteiger partial charge on any atom is -0.360 e. The Labute approximate surface area is 122 Å². The van der Waals surface area contributed by atoms with Crippen LogP contribution in [0.25, 0.3) is 0 Å². The van der Waals surface area contributed by atoms with E-state index in [2.05, 4.69) is 22.2 Å². The standard InChI is InChI=1S/C15H18F2N4/c1-3-4-7-21(2)15-9-14(18-10-19-15)20-11-5-6-12(16)13(17)8-11/h5-6,8-10H,3-4,7H2,1-2H3,(H,18,19,20). The normalized spacial score (nSPS) is 10.5. The number of halogens is 2. The molecule has 0 radical (unpaired) electrons. The van der Waals surface area contributed by atoms with Crippen molar-refractivity contribution in [3.8, 4) is 0 Å². The predicted molar refractivity (Wildman–Crippen MR) is 79.9 cm³/mol. The second-order valence-electron chi connectivity index (χ2n) is 4.79. The number of anilines is 3. The second-order valence-corrected chi connectivity index (χ2v) is 4.79. The maximum Gasteiger partial charge on any atom is 0.160 e. The van der Waals surface area contributed by atoms with Gasteiger partial charge in [0, 0.05) is 31.4 Å². The molecule has 0 unspecified atom stereocenters. The first-order valence-electron chi connectivity index (χ1n) is 6.85.